The Morgan fingerprint density at radius 3 is 2.86 bits per heavy atom. The lowest BCUT2D eigenvalue weighted by Crippen LogP contribution is -2.42. The molecule has 2 atom stereocenters. The van der Waals surface area contributed by atoms with E-state index >= 15 is 0 Å². The number of anilines is 1. The number of halogens is 2. The van der Waals surface area contributed by atoms with Crippen LogP contribution in [0.4, 0.5) is 10.1 Å². The van der Waals surface area contributed by atoms with Crippen LogP contribution in [0.5, 0.6) is 0 Å². The van der Waals surface area contributed by atoms with E-state index in [4.69, 9.17) is 17.3 Å². The van der Waals surface area contributed by atoms with Crippen molar-refractivity contribution >= 4 is 27.3 Å². The first-order chi connectivity index (χ1) is 9.88. The number of hydrogen-bond donors (Lipinski definition) is 2. The maximum Gasteiger partial charge on any atom is 0.243 e. The Morgan fingerprint density at radius 1 is 1.33 bits per heavy atom. The molecule has 21 heavy (non-hydrogen) atoms. The van der Waals surface area contributed by atoms with Crippen molar-refractivity contribution in [1.82, 2.24) is 9.62 Å². The lowest BCUT2D eigenvalue weighted by Gasteiger charge is -2.21. The second-order valence-electron chi connectivity index (χ2n) is 5.58. The van der Waals surface area contributed by atoms with E-state index in [0.717, 1.165) is 38.4 Å². The maximum atomic E-state index is 14.0. The molecule has 0 aliphatic carbocycles. The number of fused-ring (bicyclic) bond motifs is 1. The summed E-state index contributed by atoms with van der Waals surface area (Å²) in [5.74, 6) is -0.959. The quantitative estimate of drug-likeness (QED) is 0.823. The number of nitrogens with one attached hydrogen (secondary N) is 1. The molecule has 0 spiro atoms. The zero-order valence-corrected chi connectivity index (χ0v) is 12.9. The van der Waals surface area contributed by atoms with E-state index < -0.39 is 20.7 Å². The molecule has 0 saturated carbocycles. The van der Waals surface area contributed by atoms with Gasteiger partial charge < -0.3 is 5.73 Å². The summed E-state index contributed by atoms with van der Waals surface area (Å²) in [5, 5.41) is -0.288. The molecule has 2 aliphatic heterocycles. The highest BCUT2D eigenvalue weighted by Gasteiger charge is 2.39. The van der Waals surface area contributed by atoms with Crippen LogP contribution >= 0.6 is 11.6 Å². The van der Waals surface area contributed by atoms with Crippen molar-refractivity contribution in [3.63, 3.8) is 0 Å². The number of nitrogens with zero attached hydrogens (tertiary/aromatic N) is 1. The van der Waals surface area contributed by atoms with Crippen molar-refractivity contribution in [2.45, 2.75) is 36.2 Å². The summed E-state index contributed by atoms with van der Waals surface area (Å²) in [6.07, 6.45) is 2.77. The van der Waals surface area contributed by atoms with Gasteiger partial charge in [-0.25, -0.2) is 17.5 Å². The second-order valence-corrected chi connectivity index (χ2v) is 7.67. The number of nitrogens with two attached hydrogens (primary N) is 1. The molecule has 0 bridgehead atoms. The molecule has 2 fully saturated rings. The summed E-state index contributed by atoms with van der Waals surface area (Å²) in [4.78, 5) is 1.79. The summed E-state index contributed by atoms with van der Waals surface area (Å²) >= 11 is 5.68. The fourth-order valence-corrected chi connectivity index (χ4v) is 4.98. The SMILES string of the molecule is Nc1cc(Cl)c(F)c(S(=O)(=O)NC2CCN3CCCC23)c1. The minimum atomic E-state index is -3.97. The first-order valence-corrected chi connectivity index (χ1v) is 8.75. The number of nitrogen functional groups attached to an aromatic ring is 1. The minimum absolute atomic E-state index is 0.121. The molecule has 116 valence electrons. The zero-order valence-electron chi connectivity index (χ0n) is 11.4. The average Bonchev–Trinajstić information content (AvgIpc) is 2.98. The molecule has 2 saturated heterocycles. The largest absolute Gasteiger partial charge is 0.399 e. The fraction of sp³-hybridized carbons (Fsp3) is 0.538. The Hall–Kier alpha value is -0.890. The summed E-state index contributed by atoms with van der Waals surface area (Å²) in [5.41, 5.74) is 5.69. The number of hydrogen-bond acceptors (Lipinski definition) is 4. The van der Waals surface area contributed by atoms with Crippen molar-refractivity contribution in [3.05, 3.63) is 23.0 Å². The van der Waals surface area contributed by atoms with Crippen LogP contribution in [0.1, 0.15) is 19.3 Å². The molecule has 1 aromatic carbocycles. The Kier molecular flexibility index (Phi) is 3.85. The third-order valence-electron chi connectivity index (χ3n) is 4.22. The predicted octanol–water partition coefficient (Wildman–Crippen LogP) is 1.58. The van der Waals surface area contributed by atoms with Crippen molar-refractivity contribution in [2.75, 3.05) is 18.8 Å². The first kappa shape index (κ1) is 15.0. The highest BCUT2D eigenvalue weighted by molar-refractivity contribution is 7.89. The van der Waals surface area contributed by atoms with Crippen molar-refractivity contribution in [1.29, 1.82) is 0 Å². The highest BCUT2D eigenvalue weighted by atomic mass is 35.5. The lowest BCUT2D eigenvalue weighted by atomic mass is 10.1. The van der Waals surface area contributed by atoms with E-state index in [1.54, 1.807) is 0 Å². The van der Waals surface area contributed by atoms with Gasteiger partial charge in [-0.2, -0.15) is 0 Å². The van der Waals surface area contributed by atoms with E-state index in [1.807, 2.05) is 0 Å². The molecule has 2 unspecified atom stereocenters. The van der Waals surface area contributed by atoms with Gasteiger partial charge in [0.2, 0.25) is 10.0 Å². The van der Waals surface area contributed by atoms with Crippen molar-refractivity contribution < 1.29 is 12.8 Å². The normalized spacial score (nSPS) is 26.2. The van der Waals surface area contributed by atoms with Crippen LogP contribution in [0.25, 0.3) is 0 Å². The third kappa shape index (κ3) is 2.75. The van der Waals surface area contributed by atoms with Gasteiger partial charge in [0.05, 0.1) is 5.02 Å². The molecule has 3 rings (SSSR count). The summed E-state index contributed by atoms with van der Waals surface area (Å²) in [6, 6.07) is 2.33. The summed E-state index contributed by atoms with van der Waals surface area (Å²) in [7, 11) is -3.97. The van der Waals surface area contributed by atoms with E-state index in [1.165, 1.54) is 6.07 Å². The van der Waals surface area contributed by atoms with Gasteiger partial charge >= 0.3 is 0 Å². The van der Waals surface area contributed by atoms with E-state index in [2.05, 4.69) is 9.62 Å². The van der Waals surface area contributed by atoms with Crippen LogP contribution < -0.4 is 10.5 Å². The zero-order chi connectivity index (χ0) is 15.2. The van der Waals surface area contributed by atoms with Gasteiger partial charge in [-0.15, -0.1) is 0 Å². The second kappa shape index (κ2) is 5.39. The molecule has 0 radical (unpaired) electrons. The number of rotatable bonds is 3. The lowest BCUT2D eigenvalue weighted by molar-refractivity contribution is 0.308. The van der Waals surface area contributed by atoms with Gasteiger partial charge in [-0.05, 0) is 37.9 Å². The molecule has 0 aromatic heterocycles. The molecule has 2 aliphatic rings. The van der Waals surface area contributed by atoms with Crippen LogP contribution in [0.2, 0.25) is 5.02 Å². The van der Waals surface area contributed by atoms with Gasteiger partial charge in [0.15, 0.2) is 5.82 Å². The van der Waals surface area contributed by atoms with Crippen LogP contribution in [0, 0.1) is 5.82 Å². The summed E-state index contributed by atoms with van der Waals surface area (Å²) < 4.78 is 41.5. The molecule has 2 heterocycles. The van der Waals surface area contributed by atoms with Gasteiger partial charge in [0, 0.05) is 24.3 Å². The van der Waals surface area contributed by atoms with E-state index in [9.17, 15) is 12.8 Å². The number of benzene rings is 1. The van der Waals surface area contributed by atoms with Gasteiger partial charge in [0.25, 0.3) is 0 Å². The van der Waals surface area contributed by atoms with Gasteiger partial charge in [-0.1, -0.05) is 11.6 Å². The van der Waals surface area contributed by atoms with Gasteiger partial charge in [0.1, 0.15) is 4.90 Å². The first-order valence-electron chi connectivity index (χ1n) is 6.89. The summed E-state index contributed by atoms with van der Waals surface area (Å²) in [6.45, 7) is 1.87. The molecular weight excluding hydrogens is 317 g/mol. The average molecular weight is 334 g/mol. The topological polar surface area (TPSA) is 75.4 Å². The van der Waals surface area contributed by atoms with Crippen molar-refractivity contribution in [3.8, 4) is 0 Å². The van der Waals surface area contributed by atoms with Crippen LogP contribution in [-0.2, 0) is 10.0 Å². The van der Waals surface area contributed by atoms with Crippen LogP contribution in [0.3, 0.4) is 0 Å². The Labute approximate surface area is 128 Å². The number of sulfonamides is 1. The molecule has 0 amide bonds. The van der Waals surface area contributed by atoms with E-state index in [-0.39, 0.29) is 22.8 Å². The molecule has 5 nitrogen and oxygen atoms in total. The van der Waals surface area contributed by atoms with Crippen LogP contribution in [0.15, 0.2) is 17.0 Å². The molecular formula is C13H17ClFN3O2S. The monoisotopic (exact) mass is 333 g/mol. The smallest absolute Gasteiger partial charge is 0.243 e. The minimum Gasteiger partial charge on any atom is -0.399 e. The fourth-order valence-electron chi connectivity index (χ4n) is 3.26. The Balaban J connectivity index is 1.88. The highest BCUT2D eigenvalue weighted by Crippen LogP contribution is 2.30. The van der Waals surface area contributed by atoms with Gasteiger partial charge in [-0.3, -0.25) is 4.90 Å². The Bertz CT molecular complexity index is 668. The molecule has 1 aromatic rings. The van der Waals surface area contributed by atoms with Crippen LogP contribution in [-0.4, -0.2) is 38.5 Å². The maximum absolute atomic E-state index is 14.0. The predicted molar refractivity (Wildman–Crippen MR) is 79.1 cm³/mol. The van der Waals surface area contributed by atoms with E-state index in [0.29, 0.717) is 0 Å². The van der Waals surface area contributed by atoms with Crippen molar-refractivity contribution in [2.24, 2.45) is 0 Å². The molecule has 3 N–H and O–H groups in total. The molecule has 8 heteroatoms. The standard InChI is InChI=1S/C13H17ClFN3O2S/c14-9-6-8(16)7-12(13(9)15)21(19,20)17-10-3-5-18-4-1-2-11(10)18/h6-7,10-11,17H,1-5,16H2. The third-order valence-corrected chi connectivity index (χ3v) is 5.98. The Morgan fingerprint density at radius 2 is 2.10 bits per heavy atom.